The Morgan fingerprint density at radius 2 is 1.96 bits per heavy atom. The maximum atomic E-state index is 13.6. The van der Waals surface area contributed by atoms with Gasteiger partial charge in [0.25, 0.3) is 0 Å². The van der Waals surface area contributed by atoms with E-state index < -0.39 is 0 Å². The van der Waals surface area contributed by atoms with E-state index in [-0.39, 0.29) is 5.82 Å². The minimum absolute atomic E-state index is 0.266. The third-order valence-corrected chi connectivity index (χ3v) is 4.13. The number of fused-ring (bicyclic) bond motifs is 1. The molecule has 118 valence electrons. The molecule has 0 spiro atoms. The molecule has 1 saturated heterocycles. The summed E-state index contributed by atoms with van der Waals surface area (Å²) in [5.41, 5.74) is 1.70. The first kappa shape index (κ1) is 14.1. The molecule has 1 aromatic carbocycles. The number of piperazine rings is 1. The molecular weight excluding hydrogens is 297 g/mol. The van der Waals surface area contributed by atoms with Gasteiger partial charge in [0.15, 0.2) is 0 Å². The first-order valence-electron chi connectivity index (χ1n) is 7.56. The van der Waals surface area contributed by atoms with E-state index in [1.807, 2.05) is 6.07 Å². The van der Waals surface area contributed by atoms with E-state index in [4.69, 9.17) is 4.52 Å². The molecule has 7 heteroatoms. The van der Waals surface area contributed by atoms with Crippen LogP contribution in [0.5, 0.6) is 0 Å². The van der Waals surface area contributed by atoms with Crippen molar-refractivity contribution in [3.63, 3.8) is 0 Å². The summed E-state index contributed by atoms with van der Waals surface area (Å²) in [5.74, 6) is 0.536. The summed E-state index contributed by atoms with van der Waals surface area (Å²) in [7, 11) is 0. The highest BCUT2D eigenvalue weighted by Crippen LogP contribution is 2.24. The van der Waals surface area contributed by atoms with Gasteiger partial charge in [0.1, 0.15) is 24.2 Å². The van der Waals surface area contributed by atoms with Gasteiger partial charge in [-0.05, 0) is 18.2 Å². The van der Waals surface area contributed by atoms with Crippen molar-refractivity contribution in [3.8, 4) is 0 Å². The molecule has 0 bridgehead atoms. The lowest BCUT2D eigenvalue weighted by Crippen LogP contribution is -2.46. The Balaban J connectivity index is 1.51. The van der Waals surface area contributed by atoms with Crippen LogP contribution in [-0.2, 0) is 6.54 Å². The Morgan fingerprint density at radius 1 is 1.09 bits per heavy atom. The van der Waals surface area contributed by atoms with Gasteiger partial charge in [0.2, 0.25) is 0 Å². The molecule has 1 aliphatic heterocycles. The smallest absolute Gasteiger partial charge is 0.140 e. The van der Waals surface area contributed by atoms with Gasteiger partial charge in [-0.15, -0.1) is 0 Å². The van der Waals surface area contributed by atoms with E-state index in [1.54, 1.807) is 12.3 Å². The summed E-state index contributed by atoms with van der Waals surface area (Å²) < 4.78 is 18.4. The zero-order chi connectivity index (χ0) is 15.6. The lowest BCUT2D eigenvalue weighted by molar-refractivity contribution is 0.242. The van der Waals surface area contributed by atoms with Crippen LogP contribution in [0.25, 0.3) is 10.9 Å². The average Bonchev–Trinajstić information content (AvgIpc) is 3.08. The van der Waals surface area contributed by atoms with Gasteiger partial charge in [-0.2, -0.15) is 0 Å². The molecule has 4 rings (SSSR count). The molecule has 23 heavy (non-hydrogen) atoms. The molecule has 0 unspecified atom stereocenters. The Morgan fingerprint density at radius 3 is 2.74 bits per heavy atom. The Labute approximate surface area is 132 Å². The van der Waals surface area contributed by atoms with Gasteiger partial charge in [0.05, 0.1) is 11.2 Å². The summed E-state index contributed by atoms with van der Waals surface area (Å²) in [6.07, 6.45) is 3.13. The highest BCUT2D eigenvalue weighted by Gasteiger charge is 2.20. The van der Waals surface area contributed by atoms with Gasteiger partial charge in [-0.3, -0.25) is 4.90 Å². The number of benzene rings is 1. The molecule has 0 N–H and O–H groups in total. The van der Waals surface area contributed by atoms with Crippen molar-refractivity contribution in [1.82, 2.24) is 20.0 Å². The molecule has 0 saturated carbocycles. The quantitative estimate of drug-likeness (QED) is 0.738. The van der Waals surface area contributed by atoms with Crippen molar-refractivity contribution < 1.29 is 8.91 Å². The Bertz CT molecular complexity index is 799. The second-order valence-electron chi connectivity index (χ2n) is 5.61. The summed E-state index contributed by atoms with van der Waals surface area (Å²) in [4.78, 5) is 13.1. The van der Waals surface area contributed by atoms with E-state index in [1.165, 1.54) is 18.5 Å². The van der Waals surface area contributed by atoms with Crippen LogP contribution in [0.3, 0.4) is 0 Å². The molecule has 0 amide bonds. The molecule has 1 fully saturated rings. The zero-order valence-electron chi connectivity index (χ0n) is 12.5. The number of hydrogen-bond donors (Lipinski definition) is 0. The largest absolute Gasteiger partial charge is 0.364 e. The van der Waals surface area contributed by atoms with Crippen LogP contribution in [0.4, 0.5) is 10.2 Å². The van der Waals surface area contributed by atoms with Gasteiger partial charge < -0.3 is 9.42 Å². The van der Waals surface area contributed by atoms with Gasteiger partial charge in [-0.25, -0.2) is 14.4 Å². The van der Waals surface area contributed by atoms with Crippen LogP contribution in [0, 0.1) is 5.82 Å². The number of aromatic nitrogens is 3. The SMILES string of the molecule is Fc1ccc2ncnc(N3CCN(Cc4ccon4)CC3)c2c1. The van der Waals surface area contributed by atoms with Crippen LogP contribution in [0.1, 0.15) is 5.69 Å². The predicted molar refractivity (Wildman–Crippen MR) is 83.5 cm³/mol. The van der Waals surface area contributed by atoms with Gasteiger partial charge in [0, 0.05) is 44.2 Å². The molecule has 6 nitrogen and oxygen atoms in total. The number of anilines is 1. The summed E-state index contributed by atoms with van der Waals surface area (Å²) in [6.45, 7) is 4.24. The third-order valence-electron chi connectivity index (χ3n) is 4.13. The topological polar surface area (TPSA) is 58.3 Å². The van der Waals surface area contributed by atoms with Crippen molar-refractivity contribution in [2.45, 2.75) is 6.54 Å². The van der Waals surface area contributed by atoms with Crippen LogP contribution in [0.15, 0.2) is 41.4 Å². The number of hydrogen-bond acceptors (Lipinski definition) is 6. The summed E-state index contributed by atoms with van der Waals surface area (Å²) >= 11 is 0. The lowest BCUT2D eigenvalue weighted by atomic mass is 10.2. The third kappa shape index (κ3) is 2.87. The Kier molecular flexibility index (Phi) is 3.63. The molecule has 2 aromatic heterocycles. The minimum Gasteiger partial charge on any atom is -0.364 e. The summed E-state index contributed by atoms with van der Waals surface area (Å²) in [6, 6.07) is 6.51. The number of halogens is 1. The number of rotatable bonds is 3. The molecule has 0 aliphatic carbocycles. The fourth-order valence-electron chi connectivity index (χ4n) is 2.93. The fraction of sp³-hybridized carbons (Fsp3) is 0.312. The van der Waals surface area contributed by atoms with E-state index in [9.17, 15) is 4.39 Å². The van der Waals surface area contributed by atoms with Crippen molar-refractivity contribution in [1.29, 1.82) is 0 Å². The summed E-state index contributed by atoms with van der Waals surface area (Å²) in [5, 5.41) is 4.71. The predicted octanol–water partition coefficient (Wildman–Crippen LogP) is 2.08. The second kappa shape index (κ2) is 5.92. The fourth-order valence-corrected chi connectivity index (χ4v) is 2.93. The molecule has 3 heterocycles. The van der Waals surface area contributed by atoms with Crippen LogP contribution in [-0.4, -0.2) is 46.2 Å². The highest BCUT2D eigenvalue weighted by atomic mass is 19.1. The number of nitrogens with zero attached hydrogens (tertiary/aromatic N) is 5. The standard InChI is InChI=1S/C16H16FN5O/c17-12-1-2-15-14(9-12)16(19-11-18-15)22-6-4-21(5-7-22)10-13-3-8-23-20-13/h1-3,8-9,11H,4-7,10H2. The van der Waals surface area contributed by atoms with Crippen molar-refractivity contribution in [2.24, 2.45) is 0 Å². The minimum atomic E-state index is -0.266. The van der Waals surface area contributed by atoms with Crippen molar-refractivity contribution >= 4 is 16.7 Å². The van der Waals surface area contributed by atoms with E-state index in [2.05, 4.69) is 24.9 Å². The highest BCUT2D eigenvalue weighted by molar-refractivity contribution is 5.89. The molecule has 1 aliphatic rings. The van der Waals surface area contributed by atoms with E-state index in [0.717, 1.165) is 55.1 Å². The second-order valence-corrected chi connectivity index (χ2v) is 5.61. The lowest BCUT2D eigenvalue weighted by Gasteiger charge is -2.35. The maximum Gasteiger partial charge on any atom is 0.140 e. The molecular formula is C16H16FN5O. The van der Waals surface area contributed by atoms with Gasteiger partial charge in [-0.1, -0.05) is 5.16 Å². The average molecular weight is 313 g/mol. The van der Waals surface area contributed by atoms with Crippen LogP contribution in [0.2, 0.25) is 0 Å². The van der Waals surface area contributed by atoms with Crippen molar-refractivity contribution in [3.05, 3.63) is 48.4 Å². The van der Waals surface area contributed by atoms with Gasteiger partial charge >= 0.3 is 0 Å². The molecule has 0 atom stereocenters. The van der Waals surface area contributed by atoms with Crippen LogP contribution >= 0.6 is 0 Å². The molecule has 3 aromatic rings. The van der Waals surface area contributed by atoms with Crippen LogP contribution < -0.4 is 4.90 Å². The monoisotopic (exact) mass is 313 g/mol. The van der Waals surface area contributed by atoms with E-state index >= 15 is 0 Å². The van der Waals surface area contributed by atoms with E-state index in [0.29, 0.717) is 0 Å². The Hall–Kier alpha value is -2.54. The normalized spacial score (nSPS) is 16.1. The molecule has 0 radical (unpaired) electrons. The maximum absolute atomic E-state index is 13.6. The zero-order valence-corrected chi connectivity index (χ0v) is 12.5. The van der Waals surface area contributed by atoms with Crippen molar-refractivity contribution in [2.75, 3.05) is 31.1 Å². The first-order chi connectivity index (χ1) is 11.3. The first-order valence-corrected chi connectivity index (χ1v) is 7.56.